The molecule has 11 heteroatoms. The monoisotopic (exact) mass is 554 g/mol. The Bertz CT molecular complexity index is 1450. The van der Waals surface area contributed by atoms with E-state index in [0.29, 0.717) is 29.9 Å². The third-order valence-corrected chi connectivity index (χ3v) is 7.92. The molecule has 1 saturated heterocycles. The molecule has 3 heterocycles. The molecule has 202 valence electrons. The van der Waals surface area contributed by atoms with Crippen molar-refractivity contribution in [2.45, 2.75) is 19.5 Å². The molecule has 0 N–H and O–H groups in total. The van der Waals surface area contributed by atoms with Crippen molar-refractivity contribution in [3.05, 3.63) is 82.8 Å². The summed E-state index contributed by atoms with van der Waals surface area (Å²) in [7, 11) is 0. The summed E-state index contributed by atoms with van der Waals surface area (Å²) in [5.74, 6) is 1.07. The second-order valence-electron chi connectivity index (χ2n) is 9.95. The second-order valence-corrected chi connectivity index (χ2v) is 10.7. The normalized spacial score (nSPS) is 20.5. The van der Waals surface area contributed by atoms with Crippen LogP contribution in [0.1, 0.15) is 11.1 Å². The van der Waals surface area contributed by atoms with Crippen LogP contribution in [0.2, 0.25) is 0 Å². The molecule has 1 aliphatic heterocycles. The molecule has 1 aliphatic carbocycles. The van der Waals surface area contributed by atoms with Gasteiger partial charge in [-0.3, -0.25) is 9.88 Å². The van der Waals surface area contributed by atoms with Crippen molar-refractivity contribution >= 4 is 28.3 Å². The molecule has 2 unspecified atom stereocenters. The molecular formula is C28H25F3N4O3S. The Morgan fingerprint density at radius 2 is 1.87 bits per heavy atom. The lowest BCUT2D eigenvalue weighted by atomic mass is 10.1. The SMILES string of the molecule is O=C(Oc1cscn1)N(Cc1cccc(OC(F)(F)F)c1)CC1C2CN(Cc3cccc4cccnc34)CC21. The van der Waals surface area contributed by atoms with Crippen LogP contribution in [0.4, 0.5) is 18.0 Å². The largest absolute Gasteiger partial charge is 0.573 e. The average Bonchev–Trinajstić information content (AvgIpc) is 3.25. The predicted molar refractivity (Wildman–Crippen MR) is 139 cm³/mol. The lowest BCUT2D eigenvalue weighted by molar-refractivity contribution is -0.274. The van der Waals surface area contributed by atoms with E-state index in [9.17, 15) is 18.0 Å². The zero-order chi connectivity index (χ0) is 27.0. The number of thiazole rings is 1. The van der Waals surface area contributed by atoms with Crippen LogP contribution in [-0.4, -0.2) is 51.9 Å². The molecule has 2 atom stereocenters. The summed E-state index contributed by atoms with van der Waals surface area (Å²) in [5.41, 5.74) is 4.30. The van der Waals surface area contributed by atoms with Crippen LogP contribution in [0, 0.1) is 17.8 Å². The first-order valence-corrected chi connectivity index (χ1v) is 13.5. The Morgan fingerprint density at radius 1 is 1.08 bits per heavy atom. The molecule has 6 rings (SSSR count). The van der Waals surface area contributed by atoms with E-state index in [2.05, 4.69) is 43.9 Å². The Balaban J connectivity index is 1.11. The van der Waals surface area contributed by atoms with Gasteiger partial charge in [0.25, 0.3) is 0 Å². The fourth-order valence-electron chi connectivity index (χ4n) is 5.60. The molecule has 1 amide bonds. The van der Waals surface area contributed by atoms with Crippen molar-refractivity contribution in [3.63, 3.8) is 0 Å². The molecule has 2 aliphatic rings. The van der Waals surface area contributed by atoms with Crippen LogP contribution >= 0.6 is 11.3 Å². The summed E-state index contributed by atoms with van der Waals surface area (Å²) in [4.78, 5) is 25.6. The summed E-state index contributed by atoms with van der Waals surface area (Å²) < 4.78 is 47.6. The van der Waals surface area contributed by atoms with Gasteiger partial charge in [-0.15, -0.1) is 24.5 Å². The maximum Gasteiger partial charge on any atom is 0.573 e. The van der Waals surface area contributed by atoms with E-state index in [1.807, 2.05) is 12.3 Å². The molecule has 39 heavy (non-hydrogen) atoms. The van der Waals surface area contributed by atoms with Crippen molar-refractivity contribution in [2.24, 2.45) is 17.8 Å². The Kier molecular flexibility index (Phi) is 6.86. The van der Waals surface area contributed by atoms with E-state index < -0.39 is 12.5 Å². The van der Waals surface area contributed by atoms with Gasteiger partial charge < -0.3 is 14.4 Å². The molecule has 2 fully saturated rings. The summed E-state index contributed by atoms with van der Waals surface area (Å²) in [6.45, 7) is 3.20. The van der Waals surface area contributed by atoms with Gasteiger partial charge >= 0.3 is 12.5 Å². The van der Waals surface area contributed by atoms with Gasteiger partial charge in [-0.05, 0) is 47.1 Å². The number of nitrogens with zero attached hydrogens (tertiary/aromatic N) is 4. The molecule has 0 bridgehead atoms. The number of aromatic nitrogens is 2. The fraction of sp³-hybridized carbons (Fsp3) is 0.321. The van der Waals surface area contributed by atoms with Gasteiger partial charge in [-0.1, -0.05) is 36.4 Å². The molecule has 2 aromatic heterocycles. The quantitative estimate of drug-likeness (QED) is 0.267. The smallest absolute Gasteiger partial charge is 0.406 e. The summed E-state index contributed by atoms with van der Waals surface area (Å²) in [6.07, 6.45) is -3.55. The van der Waals surface area contributed by atoms with Crippen LogP contribution < -0.4 is 9.47 Å². The van der Waals surface area contributed by atoms with E-state index >= 15 is 0 Å². The first kappa shape index (κ1) is 25.6. The minimum Gasteiger partial charge on any atom is -0.406 e. The number of likely N-dealkylation sites (tertiary alicyclic amines) is 1. The lowest BCUT2D eigenvalue weighted by Gasteiger charge is -2.25. The number of amides is 1. The second kappa shape index (κ2) is 10.5. The summed E-state index contributed by atoms with van der Waals surface area (Å²) in [5, 5.41) is 2.75. The lowest BCUT2D eigenvalue weighted by Crippen LogP contribution is -2.36. The number of rotatable bonds is 8. The van der Waals surface area contributed by atoms with Crippen molar-refractivity contribution in [1.82, 2.24) is 19.8 Å². The number of para-hydroxylation sites is 1. The number of halogens is 3. The van der Waals surface area contributed by atoms with Gasteiger partial charge in [0.2, 0.25) is 5.88 Å². The number of carbonyl (C=O) groups is 1. The maximum absolute atomic E-state index is 13.1. The number of hydrogen-bond acceptors (Lipinski definition) is 7. The van der Waals surface area contributed by atoms with Crippen LogP contribution in [0.25, 0.3) is 10.9 Å². The van der Waals surface area contributed by atoms with Crippen LogP contribution in [-0.2, 0) is 13.1 Å². The van der Waals surface area contributed by atoms with E-state index in [1.165, 1.54) is 35.1 Å². The highest BCUT2D eigenvalue weighted by atomic mass is 32.1. The van der Waals surface area contributed by atoms with Gasteiger partial charge in [0, 0.05) is 44.3 Å². The number of benzene rings is 2. The number of pyridine rings is 1. The zero-order valence-corrected chi connectivity index (χ0v) is 21.6. The average molecular weight is 555 g/mol. The molecule has 2 aromatic carbocycles. The van der Waals surface area contributed by atoms with E-state index in [0.717, 1.165) is 30.5 Å². The van der Waals surface area contributed by atoms with Gasteiger partial charge in [0.05, 0.1) is 16.4 Å². The Hall–Kier alpha value is -3.70. The maximum atomic E-state index is 13.1. The number of fused-ring (bicyclic) bond motifs is 2. The Labute approximate surface area is 226 Å². The minimum atomic E-state index is -4.79. The third kappa shape index (κ3) is 5.99. The minimum absolute atomic E-state index is 0.0966. The van der Waals surface area contributed by atoms with E-state index in [4.69, 9.17) is 4.74 Å². The van der Waals surface area contributed by atoms with E-state index in [1.54, 1.807) is 21.9 Å². The topological polar surface area (TPSA) is 67.8 Å². The van der Waals surface area contributed by atoms with Gasteiger partial charge in [0.15, 0.2) is 0 Å². The van der Waals surface area contributed by atoms with Crippen LogP contribution in [0.15, 0.2) is 71.7 Å². The molecule has 4 aromatic rings. The number of hydrogen-bond donors (Lipinski definition) is 0. The summed E-state index contributed by atoms with van der Waals surface area (Å²) in [6, 6.07) is 15.9. The third-order valence-electron chi connectivity index (χ3n) is 7.35. The summed E-state index contributed by atoms with van der Waals surface area (Å²) >= 11 is 1.31. The predicted octanol–water partition coefficient (Wildman–Crippen LogP) is 5.97. The highest BCUT2D eigenvalue weighted by Crippen LogP contribution is 2.52. The van der Waals surface area contributed by atoms with E-state index in [-0.39, 0.29) is 18.2 Å². The molecule has 0 radical (unpaired) electrons. The fourth-order valence-corrected chi connectivity index (χ4v) is 6.05. The van der Waals surface area contributed by atoms with Crippen molar-refractivity contribution < 1.29 is 27.4 Å². The number of alkyl halides is 3. The molecule has 0 spiro atoms. The van der Waals surface area contributed by atoms with Crippen molar-refractivity contribution in [3.8, 4) is 11.6 Å². The number of ether oxygens (including phenoxy) is 2. The highest BCUT2D eigenvalue weighted by Gasteiger charge is 2.56. The number of piperidine rings is 1. The van der Waals surface area contributed by atoms with Crippen molar-refractivity contribution in [2.75, 3.05) is 19.6 Å². The first-order chi connectivity index (χ1) is 18.8. The van der Waals surface area contributed by atoms with Gasteiger partial charge in [0.1, 0.15) is 5.75 Å². The molecule has 7 nitrogen and oxygen atoms in total. The number of carbonyl (C=O) groups excluding carboxylic acids is 1. The molecule has 1 saturated carbocycles. The Morgan fingerprint density at radius 3 is 2.64 bits per heavy atom. The highest BCUT2D eigenvalue weighted by molar-refractivity contribution is 7.07. The van der Waals surface area contributed by atoms with Crippen molar-refractivity contribution in [1.29, 1.82) is 0 Å². The standard InChI is InChI=1S/C28H25F3N4O3S/c29-28(30,31)38-21-8-1-4-18(10-21)11-35(27(36)37-25-16-39-17-33-25)15-24-22-13-34(14-23(22)24)12-20-6-2-5-19-7-3-9-32-26(19)20/h1-10,16-17,22-24H,11-15H2. The van der Waals surface area contributed by atoms with Crippen LogP contribution in [0.3, 0.4) is 0 Å². The van der Waals surface area contributed by atoms with Gasteiger partial charge in [-0.25, -0.2) is 9.78 Å². The zero-order valence-electron chi connectivity index (χ0n) is 20.8. The van der Waals surface area contributed by atoms with Gasteiger partial charge in [-0.2, -0.15) is 0 Å². The van der Waals surface area contributed by atoms with Crippen LogP contribution in [0.5, 0.6) is 11.6 Å². The molecular weight excluding hydrogens is 529 g/mol. The first-order valence-electron chi connectivity index (χ1n) is 12.6.